The molecule has 1 heterocycles. The molecule has 0 aliphatic carbocycles. The Bertz CT molecular complexity index is 1070. The molecule has 28 heavy (non-hydrogen) atoms. The Morgan fingerprint density at radius 2 is 1.89 bits per heavy atom. The van der Waals surface area contributed by atoms with Crippen molar-refractivity contribution in [2.75, 3.05) is 11.9 Å². The van der Waals surface area contributed by atoms with Crippen LogP contribution in [-0.4, -0.2) is 28.0 Å². The highest BCUT2D eigenvalue weighted by Gasteiger charge is 2.09. The molecule has 0 atom stereocenters. The summed E-state index contributed by atoms with van der Waals surface area (Å²) < 4.78 is 6.36. The van der Waals surface area contributed by atoms with Gasteiger partial charge in [0.05, 0.1) is 29.4 Å². The first-order valence-corrected chi connectivity index (χ1v) is 9.01. The lowest BCUT2D eigenvalue weighted by atomic mass is 10.1. The van der Waals surface area contributed by atoms with Crippen LogP contribution in [-0.2, 0) is 16.1 Å². The maximum Gasteiger partial charge on any atom is 0.338 e. The van der Waals surface area contributed by atoms with Crippen molar-refractivity contribution in [3.05, 3.63) is 70.3 Å². The zero-order chi connectivity index (χ0) is 20.1. The molecule has 3 rings (SSSR count). The minimum absolute atomic E-state index is 0.124. The number of esters is 1. The maximum atomic E-state index is 12.6. The topological polar surface area (TPSA) is 90.3 Å². The van der Waals surface area contributed by atoms with E-state index in [0.29, 0.717) is 28.8 Å². The summed E-state index contributed by atoms with van der Waals surface area (Å²) in [5, 5.41) is 3.29. The maximum absolute atomic E-state index is 12.6. The Balaban J connectivity index is 1.63. The molecule has 0 bridgehead atoms. The van der Waals surface area contributed by atoms with E-state index in [2.05, 4.69) is 10.3 Å². The summed E-state index contributed by atoms with van der Waals surface area (Å²) in [5.74, 6) is -0.640. The van der Waals surface area contributed by atoms with Crippen molar-refractivity contribution in [3.8, 4) is 0 Å². The number of aromatic nitrogens is 2. The van der Waals surface area contributed by atoms with Crippen molar-refractivity contribution >= 4 is 28.5 Å². The van der Waals surface area contributed by atoms with Gasteiger partial charge in [-0.15, -0.1) is 0 Å². The summed E-state index contributed by atoms with van der Waals surface area (Å²) in [6, 6.07) is 11.9. The number of anilines is 1. The van der Waals surface area contributed by atoms with E-state index < -0.39 is 5.97 Å². The second kappa shape index (κ2) is 8.47. The Morgan fingerprint density at radius 1 is 1.14 bits per heavy atom. The first-order valence-electron chi connectivity index (χ1n) is 9.01. The first-order chi connectivity index (χ1) is 13.5. The zero-order valence-electron chi connectivity index (χ0n) is 15.8. The Kier molecular flexibility index (Phi) is 5.84. The second-order valence-corrected chi connectivity index (χ2v) is 6.31. The summed E-state index contributed by atoms with van der Waals surface area (Å²) >= 11 is 0. The number of para-hydroxylation sites is 1. The first kappa shape index (κ1) is 19.3. The van der Waals surface area contributed by atoms with Gasteiger partial charge >= 0.3 is 5.97 Å². The van der Waals surface area contributed by atoms with Gasteiger partial charge < -0.3 is 10.1 Å². The average Bonchev–Trinajstić information content (AvgIpc) is 2.69. The van der Waals surface area contributed by atoms with Crippen LogP contribution in [0.4, 0.5) is 5.69 Å². The van der Waals surface area contributed by atoms with Crippen molar-refractivity contribution < 1.29 is 14.3 Å². The molecule has 0 radical (unpaired) electrons. The molecule has 2 aromatic carbocycles. The normalized spacial score (nSPS) is 10.6. The molecule has 7 heteroatoms. The Hall–Kier alpha value is -3.48. The third kappa shape index (κ3) is 4.25. The number of aryl methyl sites for hydroxylation is 2. The van der Waals surface area contributed by atoms with E-state index in [0.717, 1.165) is 5.56 Å². The number of hydrogen-bond donors (Lipinski definition) is 1. The number of benzene rings is 2. The predicted octanol–water partition coefficient (Wildman–Crippen LogP) is 2.91. The number of nitrogens with one attached hydrogen (secondary N) is 1. The number of carbonyl (C=O) groups excluding carboxylic acids is 2. The smallest absolute Gasteiger partial charge is 0.338 e. The molecule has 0 spiro atoms. The molecule has 0 aliphatic rings. The Labute approximate surface area is 162 Å². The molecule has 7 nitrogen and oxygen atoms in total. The fourth-order valence-corrected chi connectivity index (χ4v) is 2.85. The zero-order valence-corrected chi connectivity index (χ0v) is 15.8. The van der Waals surface area contributed by atoms with Crippen molar-refractivity contribution in [2.24, 2.45) is 0 Å². The highest BCUT2D eigenvalue weighted by Crippen LogP contribution is 2.12. The van der Waals surface area contributed by atoms with Gasteiger partial charge in [0.25, 0.3) is 5.56 Å². The number of amides is 1. The Morgan fingerprint density at radius 3 is 2.61 bits per heavy atom. The van der Waals surface area contributed by atoms with Gasteiger partial charge in [-0.2, -0.15) is 0 Å². The molecule has 144 valence electrons. The molecule has 0 aliphatic heterocycles. The van der Waals surface area contributed by atoms with Crippen LogP contribution in [0.25, 0.3) is 10.9 Å². The van der Waals surface area contributed by atoms with Gasteiger partial charge in [-0.1, -0.05) is 12.1 Å². The number of rotatable bonds is 6. The van der Waals surface area contributed by atoms with Crippen LogP contribution in [0.5, 0.6) is 0 Å². The van der Waals surface area contributed by atoms with E-state index in [4.69, 9.17) is 4.74 Å². The van der Waals surface area contributed by atoms with Gasteiger partial charge in [0.2, 0.25) is 5.91 Å². The average molecular weight is 379 g/mol. The SMILES string of the molecule is CCOC(=O)c1ccc(NC(=O)CCn2cnc3c(C)cccc3c2=O)cc1. The summed E-state index contributed by atoms with van der Waals surface area (Å²) in [6.45, 7) is 4.17. The molecule has 0 saturated heterocycles. The summed E-state index contributed by atoms with van der Waals surface area (Å²) in [4.78, 5) is 40.7. The van der Waals surface area contributed by atoms with Crippen LogP contribution in [0.1, 0.15) is 29.3 Å². The fraction of sp³-hybridized carbons (Fsp3) is 0.238. The van der Waals surface area contributed by atoms with Crippen molar-refractivity contribution in [3.63, 3.8) is 0 Å². The molecule has 1 amide bonds. The second-order valence-electron chi connectivity index (χ2n) is 6.31. The molecule has 0 unspecified atom stereocenters. The molecule has 1 aromatic heterocycles. The number of ether oxygens (including phenoxy) is 1. The van der Waals surface area contributed by atoms with E-state index in [1.165, 1.54) is 10.9 Å². The highest BCUT2D eigenvalue weighted by atomic mass is 16.5. The van der Waals surface area contributed by atoms with Crippen LogP contribution < -0.4 is 10.9 Å². The lowest BCUT2D eigenvalue weighted by Gasteiger charge is -2.09. The van der Waals surface area contributed by atoms with E-state index in [-0.39, 0.29) is 24.4 Å². The molecule has 0 saturated carbocycles. The molecule has 1 N–H and O–H groups in total. The number of nitrogens with zero attached hydrogens (tertiary/aromatic N) is 2. The van der Waals surface area contributed by atoms with E-state index in [9.17, 15) is 14.4 Å². The van der Waals surface area contributed by atoms with Crippen molar-refractivity contribution in [1.82, 2.24) is 9.55 Å². The third-order valence-corrected chi connectivity index (χ3v) is 4.31. The summed E-state index contributed by atoms with van der Waals surface area (Å²) in [6.07, 6.45) is 1.59. The van der Waals surface area contributed by atoms with Gasteiger partial charge in [-0.3, -0.25) is 14.2 Å². The van der Waals surface area contributed by atoms with Crippen LogP contribution in [0.3, 0.4) is 0 Å². The van der Waals surface area contributed by atoms with Crippen LogP contribution >= 0.6 is 0 Å². The van der Waals surface area contributed by atoms with E-state index >= 15 is 0 Å². The van der Waals surface area contributed by atoms with Crippen molar-refractivity contribution in [2.45, 2.75) is 26.8 Å². The van der Waals surface area contributed by atoms with Gasteiger partial charge in [0.1, 0.15) is 0 Å². The predicted molar refractivity (Wildman–Crippen MR) is 106 cm³/mol. The van der Waals surface area contributed by atoms with E-state index in [1.54, 1.807) is 37.3 Å². The molecular weight excluding hydrogens is 358 g/mol. The summed E-state index contributed by atoms with van der Waals surface area (Å²) in [7, 11) is 0. The lowest BCUT2D eigenvalue weighted by molar-refractivity contribution is -0.116. The molecule has 0 fully saturated rings. The fourth-order valence-electron chi connectivity index (χ4n) is 2.85. The van der Waals surface area contributed by atoms with Crippen molar-refractivity contribution in [1.29, 1.82) is 0 Å². The number of carbonyl (C=O) groups is 2. The van der Waals surface area contributed by atoms with Crippen LogP contribution in [0.2, 0.25) is 0 Å². The minimum atomic E-state index is -0.404. The lowest BCUT2D eigenvalue weighted by Crippen LogP contribution is -2.23. The van der Waals surface area contributed by atoms with Gasteiger partial charge in [-0.05, 0) is 49.7 Å². The minimum Gasteiger partial charge on any atom is -0.462 e. The van der Waals surface area contributed by atoms with Crippen LogP contribution in [0.15, 0.2) is 53.6 Å². The quantitative estimate of drug-likeness (QED) is 0.665. The van der Waals surface area contributed by atoms with E-state index in [1.807, 2.05) is 19.1 Å². The molecule has 3 aromatic rings. The van der Waals surface area contributed by atoms with Gasteiger partial charge in [0.15, 0.2) is 0 Å². The standard InChI is InChI=1S/C21H21N3O4/c1-3-28-21(27)15-7-9-16(10-8-15)23-18(25)11-12-24-13-22-19-14(2)5-4-6-17(19)20(24)26/h4-10,13H,3,11-12H2,1-2H3,(H,23,25). The largest absolute Gasteiger partial charge is 0.462 e. The third-order valence-electron chi connectivity index (χ3n) is 4.31. The number of fused-ring (bicyclic) bond motifs is 1. The summed E-state index contributed by atoms with van der Waals surface area (Å²) in [5.41, 5.74) is 2.43. The number of hydrogen-bond acceptors (Lipinski definition) is 5. The molecular formula is C21H21N3O4. The van der Waals surface area contributed by atoms with Gasteiger partial charge in [-0.25, -0.2) is 9.78 Å². The monoisotopic (exact) mass is 379 g/mol. The van der Waals surface area contributed by atoms with Crippen LogP contribution in [0, 0.1) is 6.92 Å². The highest BCUT2D eigenvalue weighted by molar-refractivity contribution is 5.93. The van der Waals surface area contributed by atoms with Gasteiger partial charge in [0, 0.05) is 18.7 Å².